The van der Waals surface area contributed by atoms with Crippen molar-refractivity contribution in [2.45, 2.75) is 38.0 Å². The van der Waals surface area contributed by atoms with Crippen molar-refractivity contribution in [3.63, 3.8) is 0 Å². The molecule has 0 fully saturated rings. The molecular formula is C20H25ClN6O2S. The lowest BCUT2D eigenvalue weighted by Crippen LogP contribution is -2.18. The first kappa shape index (κ1) is 22.3. The Morgan fingerprint density at radius 1 is 1.27 bits per heavy atom. The minimum Gasteiger partial charge on any atom is -0.385 e. The lowest BCUT2D eigenvalue weighted by molar-refractivity contribution is -0.113. The minimum absolute atomic E-state index is 0.131. The van der Waals surface area contributed by atoms with Crippen LogP contribution in [0.2, 0.25) is 5.02 Å². The summed E-state index contributed by atoms with van der Waals surface area (Å²) in [6.07, 6.45) is 2.46. The summed E-state index contributed by atoms with van der Waals surface area (Å²) in [5.41, 5.74) is 0.807. The molecule has 0 saturated heterocycles. The fourth-order valence-electron chi connectivity index (χ4n) is 2.94. The molecule has 0 spiro atoms. The third-order valence-corrected chi connectivity index (χ3v) is 5.62. The number of anilines is 1. The Hall–Kier alpha value is -2.36. The predicted molar refractivity (Wildman–Crippen MR) is 119 cm³/mol. The summed E-state index contributed by atoms with van der Waals surface area (Å²) in [7, 11) is 1.67. The van der Waals surface area contributed by atoms with Gasteiger partial charge >= 0.3 is 0 Å². The molecule has 1 amide bonds. The maximum Gasteiger partial charge on any atom is 0.235 e. The van der Waals surface area contributed by atoms with Crippen LogP contribution < -0.4 is 5.32 Å². The number of aromatic nitrogens is 5. The van der Waals surface area contributed by atoms with Gasteiger partial charge in [0, 0.05) is 37.9 Å². The second kappa shape index (κ2) is 10.6. The molecule has 2 heterocycles. The molecule has 0 bridgehead atoms. The van der Waals surface area contributed by atoms with Crippen LogP contribution in [-0.4, -0.2) is 49.9 Å². The molecule has 3 rings (SSSR count). The van der Waals surface area contributed by atoms with Gasteiger partial charge in [0.2, 0.25) is 5.91 Å². The Bertz CT molecular complexity index is 987. The highest BCUT2D eigenvalue weighted by atomic mass is 35.5. The van der Waals surface area contributed by atoms with Crippen molar-refractivity contribution in [3.8, 4) is 11.4 Å². The summed E-state index contributed by atoms with van der Waals surface area (Å²) in [4.78, 5) is 12.5. The van der Waals surface area contributed by atoms with E-state index in [4.69, 9.17) is 16.3 Å². The second-order valence-electron chi connectivity index (χ2n) is 6.88. The number of hydrogen-bond donors (Lipinski definition) is 1. The Kier molecular flexibility index (Phi) is 7.89. The van der Waals surface area contributed by atoms with Crippen molar-refractivity contribution in [2.24, 2.45) is 0 Å². The molecule has 0 saturated carbocycles. The molecule has 0 unspecified atom stereocenters. The highest BCUT2D eigenvalue weighted by Gasteiger charge is 2.18. The molecule has 1 N–H and O–H groups in total. The summed E-state index contributed by atoms with van der Waals surface area (Å²) in [6.45, 7) is 5.29. The number of hydrogen-bond acceptors (Lipinski definition) is 6. The molecule has 2 aromatic heterocycles. The van der Waals surface area contributed by atoms with Crippen LogP contribution >= 0.6 is 23.4 Å². The fraction of sp³-hybridized carbons (Fsp3) is 0.400. The first-order valence-electron chi connectivity index (χ1n) is 9.64. The average molecular weight is 449 g/mol. The molecule has 0 radical (unpaired) electrons. The maximum absolute atomic E-state index is 12.5. The van der Waals surface area contributed by atoms with E-state index in [1.807, 2.05) is 42.7 Å². The molecule has 3 aromatic rings. The fourth-order valence-corrected chi connectivity index (χ4v) is 3.92. The Balaban J connectivity index is 1.74. The van der Waals surface area contributed by atoms with E-state index in [-0.39, 0.29) is 17.7 Å². The van der Waals surface area contributed by atoms with Crippen LogP contribution in [0.5, 0.6) is 0 Å². The molecule has 0 aliphatic rings. The zero-order valence-corrected chi connectivity index (χ0v) is 18.8. The zero-order chi connectivity index (χ0) is 21.5. The van der Waals surface area contributed by atoms with Crippen LogP contribution in [0.4, 0.5) is 5.82 Å². The quantitative estimate of drug-likeness (QED) is 0.370. The molecule has 30 heavy (non-hydrogen) atoms. The number of nitrogens with one attached hydrogen (secondary N) is 1. The van der Waals surface area contributed by atoms with Crippen LogP contribution in [-0.2, 0) is 16.1 Å². The minimum atomic E-state index is -0.131. The smallest absolute Gasteiger partial charge is 0.235 e. The van der Waals surface area contributed by atoms with E-state index < -0.39 is 0 Å². The molecule has 1 aromatic carbocycles. The summed E-state index contributed by atoms with van der Waals surface area (Å²) < 4.78 is 8.93. The number of carbonyl (C=O) groups excluding carboxylic acids is 1. The van der Waals surface area contributed by atoms with Gasteiger partial charge in [-0.05, 0) is 32.4 Å². The predicted octanol–water partition coefficient (Wildman–Crippen LogP) is 4.14. The van der Waals surface area contributed by atoms with E-state index in [0.717, 1.165) is 12.0 Å². The van der Waals surface area contributed by atoms with Gasteiger partial charge in [0.15, 0.2) is 11.0 Å². The molecule has 10 heteroatoms. The normalized spacial score (nSPS) is 11.2. The first-order chi connectivity index (χ1) is 14.5. The molecule has 8 nitrogen and oxygen atoms in total. The van der Waals surface area contributed by atoms with Crippen molar-refractivity contribution in [1.82, 2.24) is 24.5 Å². The van der Waals surface area contributed by atoms with E-state index in [9.17, 15) is 4.79 Å². The molecule has 160 valence electrons. The van der Waals surface area contributed by atoms with Crippen LogP contribution in [0, 0.1) is 0 Å². The second-order valence-corrected chi connectivity index (χ2v) is 8.23. The number of rotatable bonds is 10. The van der Waals surface area contributed by atoms with E-state index >= 15 is 0 Å². The van der Waals surface area contributed by atoms with Gasteiger partial charge in [0.1, 0.15) is 5.82 Å². The standard InChI is InChI=1S/C20H25ClN6O2S/c1-14(2)27-17(9-10-22-27)23-18(28)13-30-20-25-24-19(26(20)11-6-12-29-3)15-7-4-5-8-16(15)21/h4-5,7-10,14H,6,11-13H2,1-3H3,(H,23,28). The van der Waals surface area contributed by atoms with Crippen LogP contribution in [0.3, 0.4) is 0 Å². The monoisotopic (exact) mass is 448 g/mol. The Morgan fingerprint density at radius 2 is 2.07 bits per heavy atom. The van der Waals surface area contributed by atoms with Gasteiger partial charge in [-0.15, -0.1) is 10.2 Å². The highest BCUT2D eigenvalue weighted by molar-refractivity contribution is 7.99. The van der Waals surface area contributed by atoms with Gasteiger partial charge in [0.05, 0.1) is 17.0 Å². The lowest BCUT2D eigenvalue weighted by atomic mass is 10.2. The Morgan fingerprint density at radius 3 is 2.80 bits per heavy atom. The maximum atomic E-state index is 12.5. The van der Waals surface area contributed by atoms with Gasteiger partial charge in [-0.2, -0.15) is 5.10 Å². The van der Waals surface area contributed by atoms with Crippen molar-refractivity contribution < 1.29 is 9.53 Å². The number of halogens is 1. The SMILES string of the molecule is COCCCn1c(SCC(=O)Nc2ccnn2C(C)C)nnc1-c1ccccc1Cl. The van der Waals surface area contributed by atoms with Gasteiger partial charge in [0.25, 0.3) is 0 Å². The third kappa shape index (κ3) is 5.41. The zero-order valence-electron chi connectivity index (χ0n) is 17.2. The first-order valence-corrected chi connectivity index (χ1v) is 11.0. The van der Waals surface area contributed by atoms with Crippen molar-refractivity contribution in [2.75, 3.05) is 24.8 Å². The van der Waals surface area contributed by atoms with Gasteiger partial charge in [-0.3, -0.25) is 4.79 Å². The van der Waals surface area contributed by atoms with Crippen LogP contribution in [0.15, 0.2) is 41.7 Å². The number of carbonyl (C=O) groups is 1. The number of amides is 1. The number of methoxy groups -OCH3 is 1. The third-order valence-electron chi connectivity index (χ3n) is 4.32. The largest absolute Gasteiger partial charge is 0.385 e. The number of ether oxygens (including phenoxy) is 1. The van der Waals surface area contributed by atoms with Gasteiger partial charge < -0.3 is 14.6 Å². The van der Waals surface area contributed by atoms with Crippen molar-refractivity contribution in [1.29, 1.82) is 0 Å². The van der Waals surface area contributed by atoms with E-state index in [1.54, 1.807) is 24.1 Å². The lowest BCUT2D eigenvalue weighted by Gasteiger charge is -2.12. The van der Waals surface area contributed by atoms with Gasteiger partial charge in [-0.25, -0.2) is 4.68 Å². The van der Waals surface area contributed by atoms with Crippen molar-refractivity contribution in [3.05, 3.63) is 41.6 Å². The highest BCUT2D eigenvalue weighted by Crippen LogP contribution is 2.29. The van der Waals surface area contributed by atoms with Crippen LogP contribution in [0.1, 0.15) is 26.3 Å². The van der Waals surface area contributed by atoms with E-state index in [2.05, 4.69) is 20.6 Å². The summed E-state index contributed by atoms with van der Waals surface area (Å²) in [5.74, 6) is 1.42. The summed E-state index contributed by atoms with van der Waals surface area (Å²) >= 11 is 7.70. The van der Waals surface area contributed by atoms with E-state index in [1.165, 1.54) is 11.8 Å². The number of nitrogens with zero attached hydrogens (tertiary/aromatic N) is 5. The topological polar surface area (TPSA) is 86.9 Å². The molecular weight excluding hydrogens is 424 g/mol. The molecule has 0 aliphatic carbocycles. The van der Waals surface area contributed by atoms with Crippen molar-refractivity contribution >= 4 is 35.1 Å². The summed E-state index contributed by atoms with van der Waals surface area (Å²) in [5, 5.41) is 17.0. The van der Waals surface area contributed by atoms with E-state index in [0.29, 0.717) is 35.0 Å². The van der Waals surface area contributed by atoms with Crippen LogP contribution in [0.25, 0.3) is 11.4 Å². The molecule has 0 atom stereocenters. The van der Waals surface area contributed by atoms with Gasteiger partial charge in [-0.1, -0.05) is 35.5 Å². The number of benzene rings is 1. The molecule has 0 aliphatic heterocycles. The number of thioether (sulfide) groups is 1. The summed E-state index contributed by atoms with van der Waals surface area (Å²) in [6, 6.07) is 9.46. The Labute approximate surface area is 185 Å². The average Bonchev–Trinajstić information content (AvgIpc) is 3.34.